The van der Waals surface area contributed by atoms with Crippen molar-refractivity contribution in [1.29, 1.82) is 0 Å². The Kier molecular flexibility index (Phi) is 3.16. The van der Waals surface area contributed by atoms with Crippen molar-refractivity contribution in [3.8, 4) is 0 Å². The summed E-state index contributed by atoms with van der Waals surface area (Å²) in [6, 6.07) is 0. The molecule has 2 rings (SSSR count). The monoisotopic (exact) mass is 212 g/mol. The van der Waals surface area contributed by atoms with Crippen LogP contribution in [0.4, 0.5) is 0 Å². The van der Waals surface area contributed by atoms with E-state index in [1.807, 2.05) is 0 Å². The van der Waals surface area contributed by atoms with Crippen molar-refractivity contribution >= 4 is 11.8 Å². The molecule has 1 heteroatoms. The Labute approximate surface area is 93.2 Å². The van der Waals surface area contributed by atoms with Gasteiger partial charge in [-0.2, -0.15) is 11.8 Å². The fraction of sp³-hybridized carbons (Fsp3) is 1.00. The lowest BCUT2D eigenvalue weighted by molar-refractivity contribution is 0.262. The number of rotatable bonds is 3. The highest BCUT2D eigenvalue weighted by atomic mass is 32.2. The van der Waals surface area contributed by atoms with Crippen LogP contribution >= 0.6 is 11.8 Å². The third kappa shape index (κ3) is 1.98. The summed E-state index contributed by atoms with van der Waals surface area (Å²) in [5.41, 5.74) is 0. The van der Waals surface area contributed by atoms with Gasteiger partial charge >= 0.3 is 0 Å². The van der Waals surface area contributed by atoms with Crippen LogP contribution in [0, 0.1) is 23.7 Å². The lowest BCUT2D eigenvalue weighted by Gasteiger charge is -2.32. The molecule has 2 aliphatic carbocycles. The average molecular weight is 212 g/mol. The topological polar surface area (TPSA) is 0 Å². The molecule has 0 aliphatic heterocycles. The van der Waals surface area contributed by atoms with Gasteiger partial charge in [0.15, 0.2) is 0 Å². The van der Waals surface area contributed by atoms with Crippen LogP contribution in [0.15, 0.2) is 0 Å². The van der Waals surface area contributed by atoms with E-state index in [4.69, 9.17) is 0 Å². The molecule has 0 aromatic carbocycles. The van der Waals surface area contributed by atoms with Crippen LogP contribution in [0.1, 0.15) is 47.0 Å². The first-order valence-electron chi connectivity index (χ1n) is 6.23. The summed E-state index contributed by atoms with van der Waals surface area (Å²) >= 11 is 2.25. The van der Waals surface area contributed by atoms with Crippen LogP contribution in [-0.4, -0.2) is 10.5 Å². The van der Waals surface area contributed by atoms with Crippen LogP contribution in [0.5, 0.6) is 0 Å². The Bertz CT molecular complexity index is 195. The Morgan fingerprint density at radius 3 is 2.21 bits per heavy atom. The second-order valence-electron chi connectivity index (χ2n) is 5.87. The van der Waals surface area contributed by atoms with Gasteiger partial charge in [0.25, 0.3) is 0 Å². The first-order chi connectivity index (χ1) is 6.58. The molecule has 14 heavy (non-hydrogen) atoms. The van der Waals surface area contributed by atoms with Gasteiger partial charge in [0.05, 0.1) is 0 Å². The smallest absolute Gasteiger partial charge is 0.00833 e. The third-order valence-corrected chi connectivity index (χ3v) is 5.54. The van der Waals surface area contributed by atoms with Crippen LogP contribution in [0.25, 0.3) is 0 Å². The van der Waals surface area contributed by atoms with Crippen molar-refractivity contribution in [2.45, 2.75) is 57.5 Å². The molecule has 2 aliphatic rings. The van der Waals surface area contributed by atoms with Gasteiger partial charge in [-0.05, 0) is 48.2 Å². The Morgan fingerprint density at radius 1 is 1.00 bits per heavy atom. The maximum absolute atomic E-state index is 2.42. The molecule has 82 valence electrons. The van der Waals surface area contributed by atoms with Gasteiger partial charge in [-0.3, -0.25) is 0 Å². The van der Waals surface area contributed by atoms with Gasteiger partial charge in [-0.25, -0.2) is 0 Å². The third-order valence-electron chi connectivity index (χ3n) is 4.11. The maximum atomic E-state index is 2.42. The zero-order valence-corrected chi connectivity index (χ0v) is 10.8. The highest BCUT2D eigenvalue weighted by Crippen LogP contribution is 2.55. The molecule has 0 amide bonds. The van der Waals surface area contributed by atoms with Crippen molar-refractivity contribution in [1.82, 2.24) is 0 Å². The molecule has 0 heterocycles. The summed E-state index contributed by atoms with van der Waals surface area (Å²) in [6.45, 7) is 9.53. The van der Waals surface area contributed by atoms with Crippen molar-refractivity contribution < 1.29 is 0 Å². The van der Waals surface area contributed by atoms with E-state index < -0.39 is 0 Å². The van der Waals surface area contributed by atoms with Crippen LogP contribution in [0.3, 0.4) is 0 Å². The van der Waals surface area contributed by atoms with E-state index in [1.165, 1.54) is 12.8 Å². The second-order valence-corrected chi connectivity index (χ2v) is 7.69. The number of hydrogen-bond acceptors (Lipinski definition) is 1. The fourth-order valence-electron chi connectivity index (χ4n) is 3.61. The molecule has 0 spiro atoms. The zero-order valence-electron chi connectivity index (χ0n) is 9.99. The highest BCUT2D eigenvalue weighted by Gasteiger charge is 2.47. The van der Waals surface area contributed by atoms with Crippen molar-refractivity contribution in [2.75, 3.05) is 0 Å². The van der Waals surface area contributed by atoms with E-state index in [0.717, 1.165) is 34.2 Å². The van der Waals surface area contributed by atoms with E-state index in [0.29, 0.717) is 0 Å². The van der Waals surface area contributed by atoms with Gasteiger partial charge in [-0.1, -0.05) is 27.7 Å². The first kappa shape index (κ1) is 10.9. The van der Waals surface area contributed by atoms with E-state index >= 15 is 0 Å². The molecule has 0 saturated heterocycles. The summed E-state index contributed by atoms with van der Waals surface area (Å²) in [7, 11) is 0. The van der Waals surface area contributed by atoms with Gasteiger partial charge in [-0.15, -0.1) is 0 Å². The second kappa shape index (κ2) is 4.08. The molecule has 0 N–H and O–H groups in total. The number of hydrogen-bond donors (Lipinski definition) is 0. The lowest BCUT2D eigenvalue weighted by Crippen LogP contribution is -2.26. The standard InChI is InChI=1S/C13H24S/c1-8(2)11-5-10-6-12(11)13(7-10)14-9(3)4/h8-13H,5-7H2,1-4H3/t10-,11?,12?,13?/m0/s1. The van der Waals surface area contributed by atoms with Crippen molar-refractivity contribution in [3.05, 3.63) is 0 Å². The average Bonchev–Trinajstić information content (AvgIpc) is 2.60. The van der Waals surface area contributed by atoms with Crippen LogP contribution in [0.2, 0.25) is 0 Å². The molecule has 4 atom stereocenters. The molecule has 3 unspecified atom stereocenters. The van der Waals surface area contributed by atoms with E-state index in [9.17, 15) is 0 Å². The maximum Gasteiger partial charge on any atom is 0.00833 e. The normalized spacial score (nSPS) is 41.6. The van der Waals surface area contributed by atoms with Gasteiger partial charge in [0.2, 0.25) is 0 Å². The van der Waals surface area contributed by atoms with E-state index in [2.05, 4.69) is 39.5 Å². The Morgan fingerprint density at radius 2 is 1.71 bits per heavy atom. The Balaban J connectivity index is 1.97. The highest BCUT2D eigenvalue weighted by molar-refractivity contribution is 8.00. The Hall–Kier alpha value is 0.350. The minimum absolute atomic E-state index is 0.826. The van der Waals surface area contributed by atoms with Gasteiger partial charge < -0.3 is 0 Å². The molecular formula is C13H24S. The summed E-state index contributed by atoms with van der Waals surface area (Å²) < 4.78 is 0. The quantitative estimate of drug-likeness (QED) is 0.675. The predicted octanol–water partition coefficient (Wildman–Crippen LogP) is 4.20. The van der Waals surface area contributed by atoms with Gasteiger partial charge in [0, 0.05) is 5.25 Å². The summed E-state index contributed by atoms with van der Waals surface area (Å²) in [5, 5.41) is 1.83. The van der Waals surface area contributed by atoms with Crippen LogP contribution < -0.4 is 0 Å². The number of fused-ring (bicyclic) bond motifs is 2. The summed E-state index contributed by atoms with van der Waals surface area (Å²) in [6.07, 6.45) is 4.61. The minimum Gasteiger partial charge on any atom is -0.155 e. The first-order valence-corrected chi connectivity index (χ1v) is 7.17. The number of thioether (sulfide) groups is 1. The fourth-order valence-corrected chi connectivity index (χ4v) is 5.21. The molecule has 0 aromatic heterocycles. The van der Waals surface area contributed by atoms with E-state index in [1.54, 1.807) is 6.42 Å². The lowest BCUT2D eigenvalue weighted by atomic mass is 9.81. The largest absolute Gasteiger partial charge is 0.155 e. The molecule has 0 radical (unpaired) electrons. The molecule has 0 aromatic rings. The van der Waals surface area contributed by atoms with Crippen molar-refractivity contribution in [2.24, 2.45) is 23.7 Å². The zero-order chi connectivity index (χ0) is 10.3. The predicted molar refractivity (Wildman–Crippen MR) is 65.7 cm³/mol. The minimum atomic E-state index is 0.826. The SMILES string of the molecule is CC(C)SC1C[C@H]2CC(C(C)C)C1C2. The summed E-state index contributed by atoms with van der Waals surface area (Å²) in [4.78, 5) is 0. The molecular weight excluding hydrogens is 188 g/mol. The molecule has 2 bridgehead atoms. The van der Waals surface area contributed by atoms with Crippen LogP contribution in [-0.2, 0) is 0 Å². The molecule has 2 saturated carbocycles. The molecule has 2 fully saturated rings. The molecule has 0 nitrogen and oxygen atoms in total. The van der Waals surface area contributed by atoms with Crippen molar-refractivity contribution in [3.63, 3.8) is 0 Å². The van der Waals surface area contributed by atoms with Gasteiger partial charge in [0.1, 0.15) is 0 Å². The summed E-state index contributed by atoms with van der Waals surface area (Å²) in [5.74, 6) is 4.11. The van der Waals surface area contributed by atoms with E-state index in [-0.39, 0.29) is 0 Å².